The number of carboxylic acid groups (broad SMARTS) is 1. The fourth-order valence-corrected chi connectivity index (χ4v) is 2.28. The number of carbonyl (C=O) groups is 2. The monoisotopic (exact) mass is 273 g/mol. The first-order valence-corrected chi connectivity index (χ1v) is 6.66. The average Bonchev–Trinajstić information content (AvgIpc) is 3.16. The van der Waals surface area contributed by atoms with Gasteiger partial charge in [-0.2, -0.15) is 0 Å². The molecule has 1 aliphatic carbocycles. The second kappa shape index (κ2) is 5.00. The molecule has 1 aromatic carbocycles. The van der Waals surface area contributed by atoms with Crippen LogP contribution in [0.2, 0.25) is 0 Å². The van der Waals surface area contributed by atoms with E-state index in [2.05, 4.69) is 0 Å². The summed E-state index contributed by atoms with van der Waals surface area (Å²) < 4.78 is 5.56. The third-order valence-electron chi connectivity index (χ3n) is 3.45. The smallest absolute Gasteiger partial charge is 0.305 e. The van der Waals surface area contributed by atoms with Gasteiger partial charge < -0.3 is 14.4 Å². The van der Waals surface area contributed by atoms with E-state index in [1.807, 2.05) is 24.3 Å². The lowest BCUT2D eigenvalue weighted by atomic mass is 10.2. The van der Waals surface area contributed by atoms with Crippen LogP contribution >= 0.6 is 0 Å². The van der Waals surface area contributed by atoms with Crippen LogP contribution in [0.15, 0.2) is 34.7 Å². The Bertz CT molecular complexity index is 624. The zero-order chi connectivity index (χ0) is 14.1. The summed E-state index contributed by atoms with van der Waals surface area (Å²) in [6.07, 6.45) is 1.83. The van der Waals surface area contributed by atoms with Crippen molar-refractivity contribution in [3.8, 4) is 0 Å². The molecule has 2 aromatic rings. The Morgan fingerprint density at radius 1 is 1.30 bits per heavy atom. The summed E-state index contributed by atoms with van der Waals surface area (Å²) in [6, 6.07) is 9.31. The molecule has 0 radical (unpaired) electrons. The maximum absolute atomic E-state index is 12.4. The number of aliphatic carboxylic acids is 1. The summed E-state index contributed by atoms with van der Waals surface area (Å²) in [6.45, 7) is 0.232. The summed E-state index contributed by atoms with van der Waals surface area (Å²) in [4.78, 5) is 24.7. The zero-order valence-corrected chi connectivity index (χ0v) is 10.9. The second-order valence-electron chi connectivity index (χ2n) is 5.02. The number of amides is 1. The molecule has 0 aliphatic heterocycles. The van der Waals surface area contributed by atoms with E-state index in [0.29, 0.717) is 5.58 Å². The largest absolute Gasteiger partial charge is 0.481 e. The number of fused-ring (bicyclic) bond motifs is 1. The van der Waals surface area contributed by atoms with E-state index in [9.17, 15) is 9.59 Å². The van der Waals surface area contributed by atoms with E-state index in [-0.39, 0.29) is 30.7 Å². The van der Waals surface area contributed by atoms with Gasteiger partial charge in [0.25, 0.3) is 5.91 Å². The lowest BCUT2D eigenvalue weighted by Gasteiger charge is -2.20. The molecule has 1 saturated carbocycles. The average molecular weight is 273 g/mol. The molecule has 0 saturated heterocycles. The summed E-state index contributed by atoms with van der Waals surface area (Å²) in [5, 5.41) is 9.65. The van der Waals surface area contributed by atoms with Gasteiger partial charge >= 0.3 is 5.97 Å². The van der Waals surface area contributed by atoms with Crippen LogP contribution in [0, 0.1) is 0 Å². The Labute approximate surface area is 115 Å². The minimum Gasteiger partial charge on any atom is -0.481 e. The third-order valence-corrected chi connectivity index (χ3v) is 3.45. The van der Waals surface area contributed by atoms with Crippen molar-refractivity contribution < 1.29 is 19.1 Å². The molecular weight excluding hydrogens is 258 g/mol. The highest BCUT2D eigenvalue weighted by Gasteiger charge is 2.34. The Morgan fingerprint density at radius 3 is 2.70 bits per heavy atom. The van der Waals surface area contributed by atoms with Crippen molar-refractivity contribution >= 4 is 22.8 Å². The molecule has 0 unspecified atom stereocenters. The highest BCUT2D eigenvalue weighted by atomic mass is 16.4. The molecule has 1 amide bonds. The van der Waals surface area contributed by atoms with Crippen LogP contribution < -0.4 is 0 Å². The number of hydrogen-bond acceptors (Lipinski definition) is 3. The molecule has 20 heavy (non-hydrogen) atoms. The SMILES string of the molecule is O=C(O)CCN(C(=O)c1cc2ccccc2o1)C1CC1. The molecular formula is C15H15NO4. The number of para-hydroxylation sites is 1. The number of nitrogens with zero attached hydrogens (tertiary/aromatic N) is 1. The summed E-state index contributed by atoms with van der Waals surface area (Å²) in [5.41, 5.74) is 0.671. The van der Waals surface area contributed by atoms with Gasteiger partial charge in [-0.25, -0.2) is 0 Å². The van der Waals surface area contributed by atoms with E-state index in [0.717, 1.165) is 18.2 Å². The molecule has 0 spiro atoms. The van der Waals surface area contributed by atoms with Gasteiger partial charge in [0.2, 0.25) is 0 Å². The highest BCUT2D eigenvalue weighted by Crippen LogP contribution is 2.29. The topological polar surface area (TPSA) is 70.8 Å². The lowest BCUT2D eigenvalue weighted by molar-refractivity contribution is -0.137. The minimum absolute atomic E-state index is 0.0392. The Balaban J connectivity index is 1.82. The zero-order valence-electron chi connectivity index (χ0n) is 10.9. The van der Waals surface area contributed by atoms with Crippen LogP contribution in [0.3, 0.4) is 0 Å². The normalized spacial score (nSPS) is 14.4. The molecule has 1 aromatic heterocycles. The highest BCUT2D eigenvalue weighted by molar-refractivity contribution is 5.96. The number of carbonyl (C=O) groups excluding carboxylic acids is 1. The molecule has 5 heteroatoms. The number of carboxylic acids is 1. The van der Waals surface area contributed by atoms with Gasteiger partial charge in [0.05, 0.1) is 6.42 Å². The number of rotatable bonds is 5. The molecule has 1 aliphatic rings. The summed E-state index contributed by atoms with van der Waals surface area (Å²) in [7, 11) is 0. The molecule has 5 nitrogen and oxygen atoms in total. The molecule has 1 heterocycles. The van der Waals surface area contributed by atoms with E-state index < -0.39 is 5.97 Å². The van der Waals surface area contributed by atoms with Crippen LogP contribution in [0.25, 0.3) is 11.0 Å². The molecule has 1 fully saturated rings. The molecule has 104 valence electrons. The molecule has 0 atom stereocenters. The maximum atomic E-state index is 12.4. The van der Waals surface area contributed by atoms with Crippen molar-refractivity contribution in [2.75, 3.05) is 6.54 Å². The lowest BCUT2D eigenvalue weighted by Crippen LogP contribution is -2.34. The van der Waals surface area contributed by atoms with Gasteiger partial charge in [0.1, 0.15) is 5.58 Å². The first kappa shape index (κ1) is 12.7. The first-order chi connectivity index (χ1) is 9.65. The van der Waals surface area contributed by atoms with Crippen molar-refractivity contribution in [2.45, 2.75) is 25.3 Å². The Morgan fingerprint density at radius 2 is 2.05 bits per heavy atom. The van der Waals surface area contributed by atoms with Gasteiger partial charge in [-0.1, -0.05) is 18.2 Å². The van der Waals surface area contributed by atoms with E-state index in [1.54, 1.807) is 11.0 Å². The van der Waals surface area contributed by atoms with Crippen molar-refractivity contribution in [1.29, 1.82) is 0 Å². The second-order valence-corrected chi connectivity index (χ2v) is 5.02. The van der Waals surface area contributed by atoms with Crippen LogP contribution in [-0.2, 0) is 4.79 Å². The van der Waals surface area contributed by atoms with Crippen molar-refractivity contribution in [3.63, 3.8) is 0 Å². The van der Waals surface area contributed by atoms with E-state index >= 15 is 0 Å². The first-order valence-electron chi connectivity index (χ1n) is 6.66. The van der Waals surface area contributed by atoms with Crippen molar-refractivity contribution in [3.05, 3.63) is 36.1 Å². The quantitative estimate of drug-likeness (QED) is 0.908. The van der Waals surface area contributed by atoms with Crippen LogP contribution in [0.1, 0.15) is 29.8 Å². The number of furan rings is 1. The van der Waals surface area contributed by atoms with Crippen molar-refractivity contribution in [1.82, 2.24) is 4.90 Å². The predicted molar refractivity (Wildman–Crippen MR) is 72.5 cm³/mol. The fourth-order valence-electron chi connectivity index (χ4n) is 2.28. The Hall–Kier alpha value is -2.30. The van der Waals surface area contributed by atoms with E-state index in [4.69, 9.17) is 9.52 Å². The van der Waals surface area contributed by atoms with Gasteiger partial charge in [0.15, 0.2) is 5.76 Å². The minimum atomic E-state index is -0.895. The van der Waals surface area contributed by atoms with E-state index in [1.165, 1.54) is 0 Å². The van der Waals surface area contributed by atoms with Crippen LogP contribution in [-0.4, -0.2) is 34.5 Å². The van der Waals surface area contributed by atoms with Gasteiger partial charge in [-0.3, -0.25) is 9.59 Å². The predicted octanol–water partition coefficient (Wildman–Crippen LogP) is 2.51. The fraction of sp³-hybridized carbons (Fsp3) is 0.333. The summed E-state index contributed by atoms with van der Waals surface area (Å²) >= 11 is 0. The maximum Gasteiger partial charge on any atom is 0.305 e. The number of benzene rings is 1. The number of hydrogen-bond donors (Lipinski definition) is 1. The van der Waals surface area contributed by atoms with Crippen molar-refractivity contribution in [2.24, 2.45) is 0 Å². The molecule has 3 rings (SSSR count). The van der Waals surface area contributed by atoms with Gasteiger partial charge in [0, 0.05) is 18.0 Å². The van der Waals surface area contributed by atoms with Gasteiger partial charge in [-0.05, 0) is 25.0 Å². The Kier molecular flexibility index (Phi) is 3.18. The van der Waals surface area contributed by atoms with Crippen LogP contribution in [0.4, 0.5) is 0 Å². The van der Waals surface area contributed by atoms with Crippen LogP contribution in [0.5, 0.6) is 0 Å². The molecule has 1 N–H and O–H groups in total. The molecule has 0 bridgehead atoms. The standard InChI is InChI=1S/C15H15NO4/c17-14(18)7-8-16(11-5-6-11)15(19)13-9-10-3-1-2-4-12(10)20-13/h1-4,9,11H,5-8H2,(H,17,18). The summed E-state index contributed by atoms with van der Waals surface area (Å²) in [5.74, 6) is -0.832. The third kappa shape index (κ3) is 2.52. The van der Waals surface area contributed by atoms with Gasteiger partial charge in [-0.15, -0.1) is 0 Å².